The van der Waals surface area contributed by atoms with Crippen molar-refractivity contribution in [2.45, 2.75) is 25.2 Å². The van der Waals surface area contributed by atoms with Gasteiger partial charge in [-0.2, -0.15) is 0 Å². The first-order valence-electron chi connectivity index (χ1n) is 7.20. The molecule has 0 spiro atoms. The monoisotopic (exact) mass is 331 g/mol. The largest absolute Gasteiger partial charge is 0.341 e. The summed E-state index contributed by atoms with van der Waals surface area (Å²) in [6.45, 7) is 0.535. The second-order valence-electron chi connectivity index (χ2n) is 5.65. The summed E-state index contributed by atoms with van der Waals surface area (Å²) < 4.78 is 49.9. The first kappa shape index (κ1) is 16.9. The molecule has 1 amide bonds. The molecule has 1 aliphatic rings. The van der Waals surface area contributed by atoms with E-state index in [0.29, 0.717) is 19.4 Å². The van der Waals surface area contributed by atoms with E-state index in [9.17, 15) is 22.0 Å². The van der Waals surface area contributed by atoms with Crippen molar-refractivity contribution in [3.63, 3.8) is 0 Å². The summed E-state index contributed by atoms with van der Waals surface area (Å²) >= 11 is 0. The van der Waals surface area contributed by atoms with E-state index in [1.807, 2.05) is 0 Å². The van der Waals surface area contributed by atoms with Crippen molar-refractivity contribution in [2.24, 2.45) is 0 Å². The molecule has 0 radical (unpaired) electrons. The number of amides is 1. The highest BCUT2D eigenvalue weighted by molar-refractivity contribution is 7.90. The molecule has 0 aliphatic carbocycles. The third kappa shape index (κ3) is 4.03. The van der Waals surface area contributed by atoms with Crippen LogP contribution in [0.5, 0.6) is 0 Å². The zero-order valence-electron chi connectivity index (χ0n) is 12.4. The van der Waals surface area contributed by atoms with E-state index in [1.165, 1.54) is 17.0 Å². The van der Waals surface area contributed by atoms with Gasteiger partial charge in [0.2, 0.25) is 5.91 Å². The van der Waals surface area contributed by atoms with Crippen LogP contribution in [-0.2, 0) is 14.6 Å². The molecule has 122 valence electrons. The minimum absolute atomic E-state index is 0.0521. The molecule has 0 saturated carbocycles. The number of carbonyl (C=O) groups excluding carboxylic acids is 1. The molecule has 0 N–H and O–H groups in total. The number of halogens is 2. The molecule has 1 aliphatic heterocycles. The quantitative estimate of drug-likeness (QED) is 0.849. The van der Waals surface area contributed by atoms with Crippen LogP contribution in [0.2, 0.25) is 0 Å². The van der Waals surface area contributed by atoms with E-state index in [1.54, 1.807) is 0 Å². The number of benzene rings is 1. The maximum absolute atomic E-state index is 14.0. The SMILES string of the molecule is CS(=O)(=O)CCN1CCCCC(c2cccc(F)c2F)C1=O. The minimum Gasteiger partial charge on any atom is -0.341 e. The lowest BCUT2D eigenvalue weighted by Crippen LogP contribution is -2.37. The smallest absolute Gasteiger partial charge is 0.230 e. The highest BCUT2D eigenvalue weighted by Crippen LogP contribution is 2.30. The van der Waals surface area contributed by atoms with Crippen molar-refractivity contribution < 1.29 is 22.0 Å². The van der Waals surface area contributed by atoms with Crippen molar-refractivity contribution in [3.05, 3.63) is 35.4 Å². The Balaban J connectivity index is 2.24. The van der Waals surface area contributed by atoms with Gasteiger partial charge < -0.3 is 4.90 Å². The number of rotatable bonds is 4. The average molecular weight is 331 g/mol. The first-order chi connectivity index (χ1) is 10.3. The second kappa shape index (κ2) is 6.73. The molecule has 1 fully saturated rings. The van der Waals surface area contributed by atoms with Crippen molar-refractivity contribution in [1.29, 1.82) is 0 Å². The number of carbonyl (C=O) groups is 1. The van der Waals surface area contributed by atoms with Gasteiger partial charge in [0, 0.05) is 24.9 Å². The van der Waals surface area contributed by atoms with Crippen molar-refractivity contribution in [1.82, 2.24) is 4.90 Å². The maximum Gasteiger partial charge on any atom is 0.230 e. The molecule has 4 nitrogen and oxygen atoms in total. The molecule has 22 heavy (non-hydrogen) atoms. The van der Waals surface area contributed by atoms with Gasteiger partial charge in [0.1, 0.15) is 9.84 Å². The second-order valence-corrected chi connectivity index (χ2v) is 7.91. The first-order valence-corrected chi connectivity index (χ1v) is 9.26. The Labute approximate surface area is 129 Å². The molecule has 1 aromatic rings. The Morgan fingerprint density at radius 3 is 2.68 bits per heavy atom. The molecular formula is C15H19F2NO3S. The van der Waals surface area contributed by atoms with Crippen molar-refractivity contribution in [2.75, 3.05) is 25.1 Å². The lowest BCUT2D eigenvalue weighted by atomic mass is 9.93. The minimum atomic E-state index is -3.18. The molecule has 1 atom stereocenters. The highest BCUT2D eigenvalue weighted by Gasteiger charge is 2.31. The summed E-state index contributed by atoms with van der Waals surface area (Å²) in [5.41, 5.74) is 0.0521. The maximum atomic E-state index is 14.0. The standard InChI is InChI=1S/C15H19F2NO3S/c1-22(20,21)10-9-18-8-3-2-5-12(15(18)19)11-6-4-7-13(16)14(11)17/h4,6-7,12H,2-3,5,8-10H2,1H3. The molecular weight excluding hydrogens is 312 g/mol. The summed E-state index contributed by atoms with van der Waals surface area (Å²) in [6, 6.07) is 3.81. The molecule has 0 bridgehead atoms. The van der Waals surface area contributed by atoms with Crippen LogP contribution in [0.15, 0.2) is 18.2 Å². The topological polar surface area (TPSA) is 54.5 Å². The van der Waals surface area contributed by atoms with E-state index in [4.69, 9.17) is 0 Å². The predicted octanol–water partition coefficient (Wildman–Crippen LogP) is 2.11. The van der Waals surface area contributed by atoms with Gasteiger partial charge in [-0.1, -0.05) is 18.6 Å². The van der Waals surface area contributed by atoms with Crippen molar-refractivity contribution in [3.8, 4) is 0 Å². The lowest BCUT2D eigenvalue weighted by Gasteiger charge is -2.24. The number of hydrogen-bond acceptors (Lipinski definition) is 3. The van der Waals surface area contributed by atoms with Crippen LogP contribution < -0.4 is 0 Å². The van der Waals surface area contributed by atoms with Gasteiger partial charge in [-0.25, -0.2) is 17.2 Å². The summed E-state index contributed by atoms with van der Waals surface area (Å²) in [7, 11) is -3.18. The number of sulfone groups is 1. The van der Waals surface area contributed by atoms with Gasteiger partial charge in [0.15, 0.2) is 11.6 Å². The van der Waals surface area contributed by atoms with Gasteiger partial charge in [-0.3, -0.25) is 4.79 Å². The highest BCUT2D eigenvalue weighted by atomic mass is 32.2. The Morgan fingerprint density at radius 1 is 1.27 bits per heavy atom. The molecule has 1 heterocycles. The third-order valence-corrected chi connectivity index (χ3v) is 4.79. The average Bonchev–Trinajstić information content (AvgIpc) is 2.61. The van der Waals surface area contributed by atoms with Crippen LogP contribution in [-0.4, -0.2) is 44.3 Å². The zero-order chi connectivity index (χ0) is 16.3. The molecule has 0 aromatic heterocycles. The zero-order valence-corrected chi connectivity index (χ0v) is 13.2. The molecule has 1 unspecified atom stereocenters. The van der Waals surface area contributed by atoms with E-state index in [-0.39, 0.29) is 23.8 Å². The van der Waals surface area contributed by atoms with Crippen molar-refractivity contribution >= 4 is 15.7 Å². The number of hydrogen-bond donors (Lipinski definition) is 0. The lowest BCUT2D eigenvalue weighted by molar-refractivity contribution is -0.132. The summed E-state index contributed by atoms with van der Waals surface area (Å²) in [5.74, 6) is -3.18. The fraction of sp³-hybridized carbons (Fsp3) is 0.533. The van der Waals surface area contributed by atoms with Gasteiger partial charge >= 0.3 is 0 Å². The van der Waals surface area contributed by atoms with Gasteiger partial charge in [0.25, 0.3) is 0 Å². The molecule has 2 rings (SSSR count). The fourth-order valence-corrected chi connectivity index (χ4v) is 3.23. The van der Waals surface area contributed by atoms with Gasteiger partial charge in [-0.15, -0.1) is 0 Å². The van der Waals surface area contributed by atoms with E-state index >= 15 is 0 Å². The summed E-state index contributed by atoms with van der Waals surface area (Å²) in [4.78, 5) is 14.0. The summed E-state index contributed by atoms with van der Waals surface area (Å²) in [5, 5.41) is 0. The third-order valence-electron chi connectivity index (χ3n) is 3.87. The van der Waals surface area contributed by atoms with Crippen LogP contribution in [0, 0.1) is 11.6 Å². The Morgan fingerprint density at radius 2 is 2.00 bits per heavy atom. The van der Waals surface area contributed by atoms with Gasteiger partial charge in [-0.05, 0) is 18.9 Å². The van der Waals surface area contributed by atoms with E-state index in [2.05, 4.69) is 0 Å². The molecule has 7 heteroatoms. The van der Waals surface area contributed by atoms with Crippen LogP contribution in [0.3, 0.4) is 0 Å². The fourth-order valence-electron chi connectivity index (χ4n) is 2.68. The Bertz CT molecular complexity index is 661. The van der Waals surface area contributed by atoms with Crippen LogP contribution in [0.4, 0.5) is 8.78 Å². The molecule has 1 aromatic carbocycles. The predicted molar refractivity (Wildman–Crippen MR) is 79.2 cm³/mol. The number of nitrogens with zero attached hydrogens (tertiary/aromatic N) is 1. The van der Waals surface area contributed by atoms with E-state index in [0.717, 1.165) is 18.7 Å². The Kier molecular flexibility index (Phi) is 5.16. The normalized spacial score (nSPS) is 20.0. The molecule has 1 saturated heterocycles. The van der Waals surface area contributed by atoms with E-state index < -0.39 is 27.4 Å². The number of likely N-dealkylation sites (tertiary alicyclic amines) is 1. The Hall–Kier alpha value is -1.50. The summed E-state index contributed by atoms with van der Waals surface area (Å²) in [6.07, 6.45) is 2.98. The van der Waals surface area contributed by atoms with Crippen LogP contribution >= 0.6 is 0 Å². The van der Waals surface area contributed by atoms with Crippen LogP contribution in [0.25, 0.3) is 0 Å². The van der Waals surface area contributed by atoms with Crippen LogP contribution in [0.1, 0.15) is 30.7 Å². The van der Waals surface area contributed by atoms with Gasteiger partial charge in [0.05, 0.1) is 11.7 Å².